The number of nitrogens with one attached hydrogen (secondary N) is 1. The first-order chi connectivity index (χ1) is 8.56. The van der Waals surface area contributed by atoms with E-state index in [2.05, 4.69) is 5.32 Å². The third-order valence-electron chi connectivity index (χ3n) is 3.21. The molecule has 2 rings (SSSR count). The zero-order valence-corrected chi connectivity index (χ0v) is 9.85. The molecule has 1 aromatic carbocycles. The standard InChI is InChI=1S/C13H15NO4/c15-11-7-9(4-5-10(11)13(17)18)14-12(16)6-8-2-1-3-8/h4-5,7-8,15H,1-3,6H2,(H,14,16)(H,17,18). The number of amides is 1. The van der Waals surface area contributed by atoms with Gasteiger partial charge in [0.05, 0.1) is 0 Å². The molecule has 0 aliphatic heterocycles. The van der Waals surface area contributed by atoms with Gasteiger partial charge in [0.2, 0.25) is 5.91 Å². The van der Waals surface area contributed by atoms with E-state index in [1.54, 1.807) is 0 Å². The number of aromatic carboxylic acids is 1. The van der Waals surface area contributed by atoms with Crippen molar-refractivity contribution in [1.82, 2.24) is 0 Å². The molecule has 5 heteroatoms. The molecule has 18 heavy (non-hydrogen) atoms. The summed E-state index contributed by atoms with van der Waals surface area (Å²) < 4.78 is 0. The van der Waals surface area contributed by atoms with Crippen LogP contribution in [0.5, 0.6) is 5.75 Å². The lowest BCUT2D eigenvalue weighted by atomic mass is 9.83. The highest BCUT2D eigenvalue weighted by molar-refractivity contribution is 5.94. The molecule has 0 radical (unpaired) electrons. The van der Waals surface area contributed by atoms with Gasteiger partial charge in [-0.15, -0.1) is 0 Å². The van der Waals surface area contributed by atoms with Gasteiger partial charge in [-0.25, -0.2) is 4.79 Å². The van der Waals surface area contributed by atoms with Gasteiger partial charge in [-0.3, -0.25) is 4.79 Å². The fourth-order valence-electron chi connectivity index (χ4n) is 1.96. The molecule has 0 bridgehead atoms. The molecular weight excluding hydrogens is 234 g/mol. The highest BCUT2D eigenvalue weighted by atomic mass is 16.4. The molecule has 1 aromatic rings. The van der Waals surface area contributed by atoms with Crippen LogP contribution >= 0.6 is 0 Å². The molecule has 0 atom stereocenters. The molecule has 0 saturated heterocycles. The minimum atomic E-state index is -1.19. The molecule has 1 amide bonds. The second-order valence-corrected chi connectivity index (χ2v) is 4.59. The molecule has 96 valence electrons. The summed E-state index contributed by atoms with van der Waals surface area (Å²) in [5, 5.41) is 20.9. The number of carboxylic acids is 1. The van der Waals surface area contributed by atoms with E-state index in [4.69, 9.17) is 5.11 Å². The summed E-state index contributed by atoms with van der Waals surface area (Å²) in [6, 6.07) is 4.00. The number of hydrogen-bond acceptors (Lipinski definition) is 3. The lowest BCUT2D eigenvalue weighted by Gasteiger charge is -2.24. The number of phenols is 1. The van der Waals surface area contributed by atoms with Gasteiger partial charge in [-0.2, -0.15) is 0 Å². The molecule has 3 N–H and O–H groups in total. The molecule has 1 aliphatic rings. The number of aromatic hydroxyl groups is 1. The van der Waals surface area contributed by atoms with E-state index in [-0.39, 0.29) is 17.2 Å². The second-order valence-electron chi connectivity index (χ2n) is 4.59. The molecule has 1 aliphatic carbocycles. The second kappa shape index (κ2) is 5.08. The number of carbonyl (C=O) groups is 2. The van der Waals surface area contributed by atoms with Crippen LogP contribution in [0.3, 0.4) is 0 Å². The number of benzene rings is 1. The summed E-state index contributed by atoms with van der Waals surface area (Å²) in [5.74, 6) is -1.16. The van der Waals surface area contributed by atoms with Crippen molar-refractivity contribution in [2.45, 2.75) is 25.7 Å². The van der Waals surface area contributed by atoms with Crippen LogP contribution in [0.25, 0.3) is 0 Å². The Bertz CT molecular complexity index is 480. The molecule has 0 aromatic heterocycles. The van der Waals surface area contributed by atoms with Crippen molar-refractivity contribution in [3.63, 3.8) is 0 Å². The van der Waals surface area contributed by atoms with Crippen LogP contribution in [0.4, 0.5) is 5.69 Å². The van der Waals surface area contributed by atoms with Gasteiger partial charge in [0.15, 0.2) is 0 Å². The monoisotopic (exact) mass is 249 g/mol. The van der Waals surface area contributed by atoms with E-state index in [9.17, 15) is 14.7 Å². The molecule has 0 spiro atoms. The third kappa shape index (κ3) is 2.80. The van der Waals surface area contributed by atoms with Gasteiger partial charge < -0.3 is 15.5 Å². The van der Waals surface area contributed by atoms with Crippen LogP contribution < -0.4 is 5.32 Å². The third-order valence-corrected chi connectivity index (χ3v) is 3.21. The first kappa shape index (κ1) is 12.4. The number of anilines is 1. The highest BCUT2D eigenvalue weighted by Crippen LogP contribution is 2.30. The first-order valence-electron chi connectivity index (χ1n) is 5.92. The van der Waals surface area contributed by atoms with Crippen LogP contribution in [-0.4, -0.2) is 22.1 Å². The SMILES string of the molecule is O=C(CC1CCC1)Nc1ccc(C(=O)O)c(O)c1. The summed E-state index contributed by atoms with van der Waals surface area (Å²) in [6.07, 6.45) is 3.86. The largest absolute Gasteiger partial charge is 0.507 e. The minimum Gasteiger partial charge on any atom is -0.507 e. The minimum absolute atomic E-state index is 0.0952. The Morgan fingerprint density at radius 2 is 2.06 bits per heavy atom. The fourth-order valence-corrected chi connectivity index (χ4v) is 1.96. The topological polar surface area (TPSA) is 86.6 Å². The predicted molar refractivity (Wildman–Crippen MR) is 65.7 cm³/mol. The van der Waals surface area contributed by atoms with E-state index in [1.807, 2.05) is 0 Å². The molecule has 0 heterocycles. The van der Waals surface area contributed by atoms with Crippen LogP contribution in [0.1, 0.15) is 36.0 Å². The molecule has 5 nitrogen and oxygen atoms in total. The van der Waals surface area contributed by atoms with E-state index in [1.165, 1.54) is 24.6 Å². The van der Waals surface area contributed by atoms with E-state index in [0.29, 0.717) is 18.0 Å². The Kier molecular flexibility index (Phi) is 3.50. The Morgan fingerprint density at radius 1 is 1.33 bits per heavy atom. The number of hydrogen-bond donors (Lipinski definition) is 3. The van der Waals surface area contributed by atoms with E-state index in [0.717, 1.165) is 12.8 Å². The first-order valence-corrected chi connectivity index (χ1v) is 5.92. The van der Waals surface area contributed by atoms with Crippen molar-refractivity contribution in [3.05, 3.63) is 23.8 Å². The molecule has 1 fully saturated rings. The van der Waals surface area contributed by atoms with Gasteiger partial charge in [0.25, 0.3) is 0 Å². The average Bonchev–Trinajstić information content (AvgIpc) is 2.23. The van der Waals surface area contributed by atoms with Crippen LogP contribution in [-0.2, 0) is 4.79 Å². The fraction of sp³-hybridized carbons (Fsp3) is 0.385. The summed E-state index contributed by atoms with van der Waals surface area (Å²) >= 11 is 0. The normalized spacial score (nSPS) is 14.9. The van der Waals surface area contributed by atoms with Crippen molar-refractivity contribution < 1.29 is 19.8 Å². The Labute approximate surface area is 104 Å². The summed E-state index contributed by atoms with van der Waals surface area (Å²) in [6.45, 7) is 0. The van der Waals surface area contributed by atoms with Gasteiger partial charge in [-0.05, 0) is 30.9 Å². The van der Waals surface area contributed by atoms with Gasteiger partial charge >= 0.3 is 5.97 Å². The Hall–Kier alpha value is -2.04. The Morgan fingerprint density at radius 3 is 2.56 bits per heavy atom. The van der Waals surface area contributed by atoms with Crippen molar-refractivity contribution in [3.8, 4) is 5.75 Å². The van der Waals surface area contributed by atoms with Crippen LogP contribution in [0.15, 0.2) is 18.2 Å². The average molecular weight is 249 g/mol. The quantitative estimate of drug-likeness (QED) is 0.763. The smallest absolute Gasteiger partial charge is 0.339 e. The lowest BCUT2D eigenvalue weighted by Crippen LogP contribution is -2.20. The summed E-state index contributed by atoms with van der Waals surface area (Å²) in [5.41, 5.74) is 0.244. The maximum atomic E-state index is 11.6. The van der Waals surface area contributed by atoms with E-state index < -0.39 is 5.97 Å². The van der Waals surface area contributed by atoms with Crippen molar-refractivity contribution in [2.75, 3.05) is 5.32 Å². The van der Waals surface area contributed by atoms with Gasteiger partial charge in [-0.1, -0.05) is 6.42 Å². The summed E-state index contributed by atoms with van der Waals surface area (Å²) in [7, 11) is 0. The maximum absolute atomic E-state index is 11.6. The Balaban J connectivity index is 1.98. The zero-order chi connectivity index (χ0) is 13.1. The zero-order valence-electron chi connectivity index (χ0n) is 9.85. The number of carbonyl (C=O) groups excluding carboxylic acids is 1. The number of carboxylic acid groups (broad SMARTS) is 1. The van der Waals surface area contributed by atoms with Crippen molar-refractivity contribution in [1.29, 1.82) is 0 Å². The van der Waals surface area contributed by atoms with Crippen LogP contribution in [0.2, 0.25) is 0 Å². The highest BCUT2D eigenvalue weighted by Gasteiger charge is 2.20. The molecular formula is C13H15NO4. The van der Waals surface area contributed by atoms with Gasteiger partial charge in [0.1, 0.15) is 11.3 Å². The van der Waals surface area contributed by atoms with Crippen molar-refractivity contribution in [2.24, 2.45) is 5.92 Å². The van der Waals surface area contributed by atoms with Crippen LogP contribution in [0, 0.1) is 5.92 Å². The lowest BCUT2D eigenvalue weighted by molar-refractivity contribution is -0.117. The number of rotatable bonds is 4. The summed E-state index contributed by atoms with van der Waals surface area (Å²) in [4.78, 5) is 22.3. The molecule has 1 saturated carbocycles. The van der Waals surface area contributed by atoms with Crippen molar-refractivity contribution >= 4 is 17.6 Å². The maximum Gasteiger partial charge on any atom is 0.339 e. The van der Waals surface area contributed by atoms with E-state index >= 15 is 0 Å². The predicted octanol–water partition coefficient (Wildman–Crippen LogP) is 2.22. The van der Waals surface area contributed by atoms with Gasteiger partial charge in [0, 0.05) is 18.2 Å². The molecule has 0 unspecified atom stereocenters.